The molecular weight excluding hydrogens is 439 g/mol. The SMILES string of the molecule is CCOc1c(Cl)cc(/C=C2\C(=O)NC(=O)N(c3cccc(Cl)c3C)C2=O)cc1Cl. The van der Waals surface area contributed by atoms with Crippen LogP contribution in [0.3, 0.4) is 0 Å². The van der Waals surface area contributed by atoms with E-state index >= 15 is 0 Å². The molecule has 0 aliphatic carbocycles. The highest BCUT2D eigenvalue weighted by Gasteiger charge is 2.37. The Hall–Kier alpha value is -2.54. The average molecular weight is 454 g/mol. The normalized spacial score (nSPS) is 15.7. The van der Waals surface area contributed by atoms with Gasteiger partial charge in [-0.15, -0.1) is 0 Å². The zero-order valence-corrected chi connectivity index (χ0v) is 17.7. The summed E-state index contributed by atoms with van der Waals surface area (Å²) in [5.41, 5.74) is 0.957. The molecule has 3 rings (SSSR count). The molecule has 9 heteroatoms. The monoisotopic (exact) mass is 452 g/mol. The molecule has 29 heavy (non-hydrogen) atoms. The molecular formula is C20H15Cl3N2O4. The van der Waals surface area contributed by atoms with Gasteiger partial charge in [0.25, 0.3) is 11.8 Å². The lowest BCUT2D eigenvalue weighted by molar-refractivity contribution is -0.122. The predicted molar refractivity (Wildman–Crippen MR) is 113 cm³/mol. The number of carbonyl (C=O) groups is 3. The number of urea groups is 1. The molecule has 0 aromatic heterocycles. The largest absolute Gasteiger partial charge is 0.491 e. The minimum absolute atomic E-state index is 0.230. The summed E-state index contributed by atoms with van der Waals surface area (Å²) in [4.78, 5) is 38.5. The Balaban J connectivity index is 2.05. The fourth-order valence-electron chi connectivity index (χ4n) is 2.83. The van der Waals surface area contributed by atoms with E-state index in [1.165, 1.54) is 18.2 Å². The van der Waals surface area contributed by atoms with Crippen LogP contribution in [0.1, 0.15) is 18.1 Å². The van der Waals surface area contributed by atoms with Crippen LogP contribution in [-0.4, -0.2) is 24.5 Å². The molecule has 0 atom stereocenters. The number of halogens is 3. The van der Waals surface area contributed by atoms with Crippen LogP contribution in [0.5, 0.6) is 5.75 Å². The standard InChI is InChI=1S/C20H15Cl3N2O4/c1-3-29-17-14(22)8-11(9-15(17)23)7-12-18(26)24-20(28)25(19(12)27)16-6-4-5-13(21)10(16)2/h4-9H,3H2,1-2H3,(H,24,26,28)/b12-7+. The highest BCUT2D eigenvalue weighted by Crippen LogP contribution is 2.35. The van der Waals surface area contributed by atoms with Crippen molar-refractivity contribution in [3.8, 4) is 5.75 Å². The summed E-state index contributed by atoms with van der Waals surface area (Å²) >= 11 is 18.5. The summed E-state index contributed by atoms with van der Waals surface area (Å²) in [6.07, 6.45) is 1.31. The van der Waals surface area contributed by atoms with E-state index in [2.05, 4.69) is 5.32 Å². The van der Waals surface area contributed by atoms with Crippen LogP contribution in [0.25, 0.3) is 6.08 Å². The van der Waals surface area contributed by atoms with Crippen molar-refractivity contribution < 1.29 is 19.1 Å². The van der Waals surface area contributed by atoms with Crippen LogP contribution in [0.15, 0.2) is 35.9 Å². The number of amides is 4. The van der Waals surface area contributed by atoms with Crippen molar-refractivity contribution in [3.63, 3.8) is 0 Å². The Labute approximate surface area is 182 Å². The van der Waals surface area contributed by atoms with Gasteiger partial charge in [-0.05, 0) is 55.3 Å². The van der Waals surface area contributed by atoms with Gasteiger partial charge < -0.3 is 4.74 Å². The molecule has 1 fully saturated rings. The van der Waals surface area contributed by atoms with Crippen LogP contribution in [-0.2, 0) is 9.59 Å². The first-order valence-corrected chi connectivity index (χ1v) is 9.66. The number of carbonyl (C=O) groups excluding carboxylic acids is 3. The molecule has 0 spiro atoms. The molecule has 4 amide bonds. The second-order valence-corrected chi connectivity index (χ2v) is 7.31. The Morgan fingerprint density at radius 1 is 1.07 bits per heavy atom. The van der Waals surface area contributed by atoms with E-state index in [1.54, 1.807) is 32.0 Å². The van der Waals surface area contributed by atoms with Crippen molar-refractivity contribution in [1.82, 2.24) is 5.32 Å². The minimum atomic E-state index is -0.856. The number of nitrogens with one attached hydrogen (secondary N) is 1. The molecule has 150 valence electrons. The quantitative estimate of drug-likeness (QED) is 0.521. The second kappa shape index (κ2) is 8.45. The van der Waals surface area contributed by atoms with Crippen molar-refractivity contribution in [2.75, 3.05) is 11.5 Å². The highest BCUT2D eigenvalue weighted by molar-refractivity contribution is 6.40. The van der Waals surface area contributed by atoms with Gasteiger partial charge in [-0.2, -0.15) is 0 Å². The Morgan fingerprint density at radius 2 is 1.72 bits per heavy atom. The average Bonchev–Trinajstić information content (AvgIpc) is 2.65. The van der Waals surface area contributed by atoms with Crippen molar-refractivity contribution in [2.45, 2.75) is 13.8 Å². The molecule has 0 saturated carbocycles. The number of ether oxygens (including phenoxy) is 1. The summed E-state index contributed by atoms with van der Waals surface area (Å²) in [6.45, 7) is 3.83. The smallest absolute Gasteiger partial charge is 0.335 e. The molecule has 1 heterocycles. The number of nitrogens with zero attached hydrogens (tertiary/aromatic N) is 1. The molecule has 6 nitrogen and oxygen atoms in total. The van der Waals surface area contributed by atoms with Crippen molar-refractivity contribution in [3.05, 3.63) is 62.1 Å². The number of hydrogen-bond donors (Lipinski definition) is 1. The molecule has 0 unspecified atom stereocenters. The first-order chi connectivity index (χ1) is 13.7. The van der Waals surface area contributed by atoms with E-state index in [0.717, 1.165) is 4.90 Å². The summed E-state index contributed by atoms with van der Waals surface area (Å²) in [5.74, 6) is -1.30. The molecule has 2 aromatic rings. The van der Waals surface area contributed by atoms with E-state index in [4.69, 9.17) is 39.5 Å². The van der Waals surface area contributed by atoms with E-state index in [-0.39, 0.29) is 21.3 Å². The summed E-state index contributed by atoms with van der Waals surface area (Å²) in [5, 5.41) is 3.01. The van der Waals surface area contributed by atoms with E-state index in [0.29, 0.717) is 28.5 Å². The van der Waals surface area contributed by atoms with Gasteiger partial charge in [-0.3, -0.25) is 14.9 Å². The van der Waals surface area contributed by atoms with Gasteiger partial charge in [0.15, 0.2) is 5.75 Å². The van der Waals surface area contributed by atoms with Gasteiger partial charge in [-0.1, -0.05) is 40.9 Å². The lowest BCUT2D eigenvalue weighted by Crippen LogP contribution is -2.54. The van der Waals surface area contributed by atoms with Gasteiger partial charge in [-0.25, -0.2) is 9.69 Å². The van der Waals surface area contributed by atoms with Crippen molar-refractivity contribution in [2.24, 2.45) is 0 Å². The molecule has 0 radical (unpaired) electrons. The third kappa shape index (κ3) is 4.10. The number of anilines is 1. The molecule has 1 aliphatic heterocycles. The third-order valence-electron chi connectivity index (χ3n) is 4.20. The van der Waals surface area contributed by atoms with E-state index < -0.39 is 17.8 Å². The lowest BCUT2D eigenvalue weighted by atomic mass is 10.1. The first kappa shape index (κ1) is 21.2. The van der Waals surface area contributed by atoms with Crippen LogP contribution in [0.4, 0.5) is 10.5 Å². The number of rotatable bonds is 4. The second-order valence-electron chi connectivity index (χ2n) is 6.09. The van der Waals surface area contributed by atoms with Crippen LogP contribution in [0, 0.1) is 6.92 Å². The zero-order chi connectivity index (χ0) is 21.3. The number of imide groups is 2. The van der Waals surface area contributed by atoms with Crippen LogP contribution >= 0.6 is 34.8 Å². The third-order valence-corrected chi connectivity index (χ3v) is 5.17. The van der Waals surface area contributed by atoms with Crippen molar-refractivity contribution in [1.29, 1.82) is 0 Å². The Bertz CT molecular complexity index is 1040. The van der Waals surface area contributed by atoms with Crippen molar-refractivity contribution >= 4 is 64.4 Å². The maximum absolute atomic E-state index is 13.0. The molecule has 2 aromatic carbocycles. The molecule has 0 bridgehead atoms. The number of benzene rings is 2. The predicted octanol–water partition coefficient (Wildman–Crippen LogP) is 5.02. The maximum atomic E-state index is 13.0. The van der Waals surface area contributed by atoms with E-state index in [1.807, 2.05) is 0 Å². The Kier molecular flexibility index (Phi) is 6.17. The van der Waals surface area contributed by atoms with Crippen LogP contribution < -0.4 is 15.0 Å². The minimum Gasteiger partial charge on any atom is -0.491 e. The maximum Gasteiger partial charge on any atom is 0.335 e. The topological polar surface area (TPSA) is 75.7 Å². The van der Waals surface area contributed by atoms with Gasteiger partial charge in [0.1, 0.15) is 5.57 Å². The number of hydrogen-bond acceptors (Lipinski definition) is 4. The van der Waals surface area contributed by atoms with Gasteiger partial charge in [0.05, 0.1) is 22.3 Å². The van der Waals surface area contributed by atoms with Gasteiger partial charge in [0, 0.05) is 5.02 Å². The fourth-order valence-corrected chi connectivity index (χ4v) is 3.61. The molecule has 1 aliphatic rings. The summed E-state index contributed by atoms with van der Waals surface area (Å²) in [6, 6.07) is 6.98. The highest BCUT2D eigenvalue weighted by atomic mass is 35.5. The van der Waals surface area contributed by atoms with E-state index in [9.17, 15) is 14.4 Å². The van der Waals surface area contributed by atoms with Gasteiger partial charge >= 0.3 is 6.03 Å². The van der Waals surface area contributed by atoms with Gasteiger partial charge in [0.2, 0.25) is 0 Å². The summed E-state index contributed by atoms with van der Waals surface area (Å²) < 4.78 is 5.37. The molecule has 1 saturated heterocycles. The Morgan fingerprint density at radius 3 is 2.34 bits per heavy atom. The summed E-state index contributed by atoms with van der Waals surface area (Å²) in [7, 11) is 0. The van der Waals surface area contributed by atoms with Crippen LogP contribution in [0.2, 0.25) is 15.1 Å². The fraction of sp³-hybridized carbons (Fsp3) is 0.150. The first-order valence-electron chi connectivity index (χ1n) is 8.53. The lowest BCUT2D eigenvalue weighted by Gasteiger charge is -2.27. The molecule has 1 N–H and O–H groups in total. The zero-order valence-electron chi connectivity index (χ0n) is 15.4. The number of barbiturate groups is 1.